The van der Waals surface area contributed by atoms with Crippen molar-refractivity contribution in [3.8, 4) is 11.1 Å². The van der Waals surface area contributed by atoms with E-state index in [0.717, 1.165) is 37.0 Å². The predicted octanol–water partition coefficient (Wildman–Crippen LogP) is 2.87. The maximum Gasteiger partial charge on any atom is 0.150 e. The summed E-state index contributed by atoms with van der Waals surface area (Å²) in [5, 5.41) is 2.35. The molecule has 0 saturated carbocycles. The molecule has 0 spiro atoms. The number of benzene rings is 1. The molecule has 4 nitrogen and oxygen atoms in total. The van der Waals surface area contributed by atoms with Crippen LogP contribution in [0.25, 0.3) is 11.1 Å². The summed E-state index contributed by atoms with van der Waals surface area (Å²) in [5.74, 6) is 1.20. The Morgan fingerprint density at radius 3 is 2.65 bits per heavy atom. The lowest BCUT2D eigenvalue weighted by atomic mass is 9.78. The number of pyridine rings is 1. The number of aldehydes is 1. The number of nitrogens with one attached hydrogen (secondary N) is 1. The van der Waals surface area contributed by atoms with E-state index in [9.17, 15) is 4.79 Å². The van der Waals surface area contributed by atoms with Crippen LogP contribution in [0.3, 0.4) is 0 Å². The smallest absolute Gasteiger partial charge is 0.150 e. The first-order chi connectivity index (χ1) is 11.3. The fourth-order valence-electron chi connectivity index (χ4n) is 3.97. The van der Waals surface area contributed by atoms with Crippen molar-refractivity contribution in [1.82, 2.24) is 15.4 Å². The van der Waals surface area contributed by atoms with Crippen LogP contribution < -0.4 is 5.43 Å². The van der Waals surface area contributed by atoms with Crippen molar-refractivity contribution in [2.45, 2.75) is 18.8 Å². The lowest BCUT2D eigenvalue weighted by molar-refractivity contribution is 0.112. The number of hydrogen-bond donors (Lipinski definition) is 1. The number of hydrogen-bond acceptors (Lipinski definition) is 4. The quantitative estimate of drug-likeness (QED) is 0.886. The fourth-order valence-corrected chi connectivity index (χ4v) is 3.97. The van der Waals surface area contributed by atoms with Gasteiger partial charge in [0.05, 0.1) is 0 Å². The first kappa shape index (κ1) is 14.5. The zero-order valence-electron chi connectivity index (χ0n) is 13.1. The van der Waals surface area contributed by atoms with Gasteiger partial charge in [-0.25, -0.2) is 5.01 Å². The Morgan fingerprint density at radius 2 is 1.91 bits per heavy atom. The second-order valence-electron chi connectivity index (χ2n) is 6.49. The molecule has 118 valence electrons. The minimum absolute atomic E-state index is 0.492. The molecule has 3 aliphatic heterocycles. The van der Waals surface area contributed by atoms with Gasteiger partial charge in [0, 0.05) is 43.5 Å². The molecule has 4 heteroatoms. The summed E-state index contributed by atoms with van der Waals surface area (Å²) in [6.07, 6.45) is 7.04. The monoisotopic (exact) mass is 307 g/mol. The Morgan fingerprint density at radius 1 is 1.13 bits per heavy atom. The third-order valence-corrected chi connectivity index (χ3v) is 5.25. The van der Waals surface area contributed by atoms with Crippen LogP contribution >= 0.6 is 0 Å². The molecule has 1 unspecified atom stereocenters. The Balaban J connectivity index is 1.80. The predicted molar refractivity (Wildman–Crippen MR) is 90.1 cm³/mol. The number of hydrazine groups is 1. The third-order valence-electron chi connectivity index (χ3n) is 5.25. The number of nitrogens with zero attached hydrogens (tertiary/aromatic N) is 2. The molecule has 1 aromatic carbocycles. The van der Waals surface area contributed by atoms with Gasteiger partial charge in [0.15, 0.2) is 0 Å². The van der Waals surface area contributed by atoms with Crippen LogP contribution in [-0.4, -0.2) is 35.9 Å². The first-order valence-electron chi connectivity index (χ1n) is 8.33. The highest BCUT2D eigenvalue weighted by atomic mass is 16.1. The molecule has 3 aliphatic rings. The van der Waals surface area contributed by atoms with Gasteiger partial charge < -0.3 is 0 Å². The Hall–Kier alpha value is -2.04. The molecule has 1 N–H and O–H groups in total. The highest BCUT2D eigenvalue weighted by Gasteiger charge is 2.32. The van der Waals surface area contributed by atoms with Crippen molar-refractivity contribution in [3.05, 3.63) is 53.9 Å². The molecule has 1 aromatic heterocycles. The second kappa shape index (κ2) is 6.22. The summed E-state index contributed by atoms with van der Waals surface area (Å²) < 4.78 is 0. The van der Waals surface area contributed by atoms with Gasteiger partial charge in [-0.2, -0.15) is 0 Å². The topological polar surface area (TPSA) is 45.2 Å². The summed E-state index contributed by atoms with van der Waals surface area (Å²) in [6, 6.07) is 10.2. The van der Waals surface area contributed by atoms with E-state index in [-0.39, 0.29) is 0 Å². The Kier molecular flexibility index (Phi) is 3.93. The molecular formula is C19H21N3O. The van der Waals surface area contributed by atoms with E-state index < -0.39 is 0 Å². The second-order valence-corrected chi connectivity index (χ2v) is 6.49. The van der Waals surface area contributed by atoms with E-state index in [0.29, 0.717) is 11.8 Å². The van der Waals surface area contributed by atoms with Crippen LogP contribution in [-0.2, 0) is 0 Å². The van der Waals surface area contributed by atoms with Gasteiger partial charge in [-0.05, 0) is 53.6 Å². The summed E-state index contributed by atoms with van der Waals surface area (Å²) in [4.78, 5) is 15.3. The van der Waals surface area contributed by atoms with E-state index in [2.05, 4.69) is 21.5 Å². The molecule has 3 fully saturated rings. The number of aromatic nitrogens is 1. The van der Waals surface area contributed by atoms with Crippen LogP contribution in [0.5, 0.6) is 0 Å². The molecular weight excluding hydrogens is 286 g/mol. The van der Waals surface area contributed by atoms with Gasteiger partial charge in [-0.1, -0.05) is 12.1 Å². The Bertz CT molecular complexity index is 693. The molecule has 1 atom stereocenters. The molecule has 0 amide bonds. The molecule has 2 aromatic rings. The standard InChI is InChI=1S/C19H21N3O/c23-13-14-1-2-17(18(11-14)15-3-7-20-8-4-15)19-12-21-22-9-5-16(19)6-10-22/h1-4,7-8,11,13,16,19,21H,5-6,9-10,12H2. The van der Waals surface area contributed by atoms with Crippen molar-refractivity contribution >= 4 is 6.29 Å². The Labute approximate surface area is 136 Å². The van der Waals surface area contributed by atoms with Crippen molar-refractivity contribution < 1.29 is 4.79 Å². The number of fused-ring (bicyclic) bond motifs is 4. The number of rotatable bonds is 3. The normalized spacial score (nSPS) is 26.7. The van der Waals surface area contributed by atoms with E-state index >= 15 is 0 Å². The molecule has 23 heavy (non-hydrogen) atoms. The van der Waals surface area contributed by atoms with E-state index in [1.807, 2.05) is 36.7 Å². The van der Waals surface area contributed by atoms with Crippen LogP contribution in [0.15, 0.2) is 42.7 Å². The average Bonchev–Trinajstić information content (AvgIpc) is 2.96. The first-order valence-corrected chi connectivity index (χ1v) is 8.33. The molecule has 5 rings (SSSR count). The highest BCUT2D eigenvalue weighted by molar-refractivity contribution is 5.80. The van der Waals surface area contributed by atoms with E-state index in [1.54, 1.807) is 0 Å². The molecule has 2 bridgehead atoms. The molecule has 3 saturated heterocycles. The lowest BCUT2D eigenvalue weighted by Gasteiger charge is -2.29. The van der Waals surface area contributed by atoms with Crippen molar-refractivity contribution in [2.24, 2.45) is 5.92 Å². The molecule has 4 heterocycles. The van der Waals surface area contributed by atoms with Crippen LogP contribution in [0.4, 0.5) is 0 Å². The zero-order valence-corrected chi connectivity index (χ0v) is 13.1. The average molecular weight is 307 g/mol. The van der Waals surface area contributed by atoms with Crippen LogP contribution in [0.2, 0.25) is 0 Å². The van der Waals surface area contributed by atoms with E-state index in [4.69, 9.17) is 0 Å². The maximum atomic E-state index is 11.2. The summed E-state index contributed by atoms with van der Waals surface area (Å²) in [6.45, 7) is 3.25. The summed E-state index contributed by atoms with van der Waals surface area (Å²) in [5.41, 5.74) is 7.97. The number of carbonyl (C=O) groups excluding carboxylic acids is 1. The van der Waals surface area contributed by atoms with Crippen molar-refractivity contribution in [2.75, 3.05) is 19.6 Å². The van der Waals surface area contributed by atoms with Crippen LogP contribution in [0, 0.1) is 5.92 Å². The highest BCUT2D eigenvalue weighted by Crippen LogP contribution is 2.39. The summed E-state index contributed by atoms with van der Waals surface area (Å²) in [7, 11) is 0. The third kappa shape index (κ3) is 2.80. The van der Waals surface area contributed by atoms with Gasteiger partial charge in [0.1, 0.15) is 6.29 Å². The zero-order chi connectivity index (χ0) is 15.6. The maximum absolute atomic E-state index is 11.2. The number of piperidine rings is 1. The van der Waals surface area contributed by atoms with Gasteiger partial charge in [-0.15, -0.1) is 0 Å². The SMILES string of the molecule is O=Cc1ccc(C2CNN3CCC2CC3)c(-c2ccncc2)c1. The molecule has 0 aliphatic carbocycles. The fraction of sp³-hybridized carbons (Fsp3) is 0.368. The lowest BCUT2D eigenvalue weighted by Crippen LogP contribution is -2.39. The van der Waals surface area contributed by atoms with E-state index in [1.165, 1.54) is 24.0 Å². The summed E-state index contributed by atoms with van der Waals surface area (Å²) >= 11 is 0. The molecule has 0 radical (unpaired) electrons. The minimum atomic E-state index is 0.492. The minimum Gasteiger partial charge on any atom is -0.298 e. The van der Waals surface area contributed by atoms with Gasteiger partial charge in [0.25, 0.3) is 0 Å². The number of carbonyl (C=O) groups is 1. The van der Waals surface area contributed by atoms with Crippen LogP contribution in [0.1, 0.15) is 34.7 Å². The van der Waals surface area contributed by atoms with Gasteiger partial charge in [-0.3, -0.25) is 15.2 Å². The van der Waals surface area contributed by atoms with Gasteiger partial charge >= 0.3 is 0 Å². The van der Waals surface area contributed by atoms with Crippen molar-refractivity contribution in [3.63, 3.8) is 0 Å². The largest absolute Gasteiger partial charge is 0.298 e. The van der Waals surface area contributed by atoms with Gasteiger partial charge in [0.2, 0.25) is 0 Å². The van der Waals surface area contributed by atoms with Crippen molar-refractivity contribution in [1.29, 1.82) is 0 Å².